The Labute approximate surface area is 188 Å². The maximum absolute atomic E-state index is 13.2. The Hall–Kier alpha value is -3.22. The number of para-hydroxylation sites is 1. The van der Waals surface area contributed by atoms with Crippen LogP contribution in [0.1, 0.15) is 15.9 Å². The van der Waals surface area contributed by atoms with E-state index in [9.17, 15) is 14.0 Å². The smallest absolute Gasteiger partial charge is 0.283 e. The van der Waals surface area contributed by atoms with E-state index in [1.54, 1.807) is 54.6 Å². The Kier molecular flexibility index (Phi) is 6.30. The molecule has 154 valence electrons. The summed E-state index contributed by atoms with van der Waals surface area (Å²) in [5.74, 6) is -0.648. The van der Waals surface area contributed by atoms with Gasteiger partial charge in [-0.1, -0.05) is 53.7 Å². The summed E-state index contributed by atoms with van der Waals surface area (Å²) in [6.07, 6.45) is 1.60. The van der Waals surface area contributed by atoms with E-state index >= 15 is 0 Å². The molecule has 1 heterocycles. The standard InChI is InChI=1S/C24H16ClFN2O2S/c25-18-10-8-17(9-11-18)22(29)15-31-24-27-21(14-16-6-12-19(26)13-7-16)23(30)28(24)20-4-2-1-3-5-20/h1-14H,15H2/b21-14+. The molecule has 4 nitrogen and oxygen atoms in total. The SMILES string of the molecule is O=C(CSC1=N/C(=C/c2ccc(F)cc2)C(=O)N1c1ccccc1)c1ccc(Cl)cc1. The molecular formula is C24H16ClFN2O2S. The van der Waals surface area contributed by atoms with Gasteiger partial charge in [0.05, 0.1) is 11.4 Å². The van der Waals surface area contributed by atoms with Crippen molar-refractivity contribution in [3.8, 4) is 0 Å². The van der Waals surface area contributed by atoms with Crippen molar-refractivity contribution in [3.05, 3.63) is 107 Å². The van der Waals surface area contributed by atoms with Gasteiger partial charge in [0.25, 0.3) is 5.91 Å². The molecule has 0 radical (unpaired) electrons. The van der Waals surface area contributed by atoms with Crippen molar-refractivity contribution in [2.24, 2.45) is 4.99 Å². The molecule has 3 aromatic carbocycles. The number of amidine groups is 1. The normalized spacial score (nSPS) is 14.8. The molecule has 0 atom stereocenters. The maximum atomic E-state index is 13.2. The molecular weight excluding hydrogens is 435 g/mol. The number of halogens is 2. The van der Waals surface area contributed by atoms with Crippen LogP contribution in [0, 0.1) is 5.82 Å². The predicted octanol–water partition coefficient (Wildman–Crippen LogP) is 5.84. The quantitative estimate of drug-likeness (QED) is 0.362. The molecule has 0 aromatic heterocycles. The summed E-state index contributed by atoms with van der Waals surface area (Å²) < 4.78 is 13.2. The zero-order chi connectivity index (χ0) is 21.8. The lowest BCUT2D eigenvalue weighted by Crippen LogP contribution is -2.30. The van der Waals surface area contributed by atoms with Gasteiger partial charge in [-0.2, -0.15) is 0 Å². The lowest BCUT2D eigenvalue weighted by atomic mass is 10.1. The van der Waals surface area contributed by atoms with Crippen LogP contribution in [0.15, 0.2) is 89.6 Å². The van der Waals surface area contributed by atoms with Crippen LogP contribution in [0.5, 0.6) is 0 Å². The summed E-state index contributed by atoms with van der Waals surface area (Å²) in [7, 11) is 0. The second-order valence-electron chi connectivity index (χ2n) is 6.67. The van der Waals surface area contributed by atoms with E-state index in [2.05, 4.69) is 4.99 Å². The third kappa shape index (κ3) is 4.93. The largest absolute Gasteiger partial charge is 0.293 e. The van der Waals surface area contributed by atoms with Crippen molar-refractivity contribution in [1.29, 1.82) is 0 Å². The lowest BCUT2D eigenvalue weighted by Gasteiger charge is -2.17. The Morgan fingerprint density at radius 2 is 1.68 bits per heavy atom. The van der Waals surface area contributed by atoms with E-state index in [4.69, 9.17) is 11.6 Å². The van der Waals surface area contributed by atoms with Gasteiger partial charge in [0.2, 0.25) is 0 Å². The second kappa shape index (κ2) is 9.29. The minimum atomic E-state index is -0.355. The van der Waals surface area contributed by atoms with Gasteiger partial charge in [-0.05, 0) is 60.2 Å². The number of rotatable bonds is 5. The molecule has 0 spiro atoms. The third-order valence-electron chi connectivity index (χ3n) is 4.52. The first-order valence-corrected chi connectivity index (χ1v) is 10.7. The number of thioether (sulfide) groups is 1. The number of aliphatic imine (C=N–C) groups is 1. The Bertz CT molecular complexity index is 1180. The number of Topliss-reactive ketones (excluding diaryl/α,β-unsaturated/α-hetero) is 1. The van der Waals surface area contributed by atoms with Gasteiger partial charge in [-0.15, -0.1) is 0 Å². The Morgan fingerprint density at radius 1 is 1.00 bits per heavy atom. The molecule has 0 saturated heterocycles. The van der Waals surface area contributed by atoms with Crippen molar-refractivity contribution < 1.29 is 14.0 Å². The van der Waals surface area contributed by atoms with Crippen LogP contribution < -0.4 is 4.90 Å². The topological polar surface area (TPSA) is 49.7 Å². The number of nitrogens with zero attached hydrogens (tertiary/aromatic N) is 2. The molecule has 1 aliphatic heterocycles. The molecule has 0 bridgehead atoms. The number of carbonyl (C=O) groups excluding carboxylic acids is 2. The average Bonchev–Trinajstić information content (AvgIpc) is 3.09. The fourth-order valence-electron chi connectivity index (χ4n) is 2.96. The van der Waals surface area contributed by atoms with E-state index in [-0.39, 0.29) is 29.0 Å². The first kappa shape index (κ1) is 21.0. The van der Waals surface area contributed by atoms with Crippen LogP contribution in [-0.2, 0) is 4.79 Å². The highest BCUT2D eigenvalue weighted by Gasteiger charge is 2.32. The molecule has 1 aliphatic rings. The van der Waals surface area contributed by atoms with Crippen molar-refractivity contribution >= 4 is 52.0 Å². The number of anilines is 1. The molecule has 0 saturated carbocycles. The van der Waals surface area contributed by atoms with Gasteiger partial charge in [0.1, 0.15) is 11.5 Å². The number of hydrogen-bond donors (Lipinski definition) is 0. The number of carbonyl (C=O) groups is 2. The number of amides is 1. The third-order valence-corrected chi connectivity index (χ3v) is 5.71. The van der Waals surface area contributed by atoms with E-state index in [0.717, 1.165) is 0 Å². The van der Waals surface area contributed by atoms with Crippen molar-refractivity contribution in [3.63, 3.8) is 0 Å². The van der Waals surface area contributed by atoms with Crippen LogP contribution in [0.3, 0.4) is 0 Å². The molecule has 0 fully saturated rings. The highest BCUT2D eigenvalue weighted by molar-refractivity contribution is 8.14. The van der Waals surface area contributed by atoms with Crippen LogP contribution >= 0.6 is 23.4 Å². The van der Waals surface area contributed by atoms with Gasteiger partial charge in [-0.3, -0.25) is 14.5 Å². The van der Waals surface area contributed by atoms with Crippen molar-refractivity contribution in [2.75, 3.05) is 10.7 Å². The summed E-state index contributed by atoms with van der Waals surface area (Å²) in [4.78, 5) is 31.6. The van der Waals surface area contributed by atoms with Gasteiger partial charge in [0.15, 0.2) is 11.0 Å². The zero-order valence-electron chi connectivity index (χ0n) is 16.2. The van der Waals surface area contributed by atoms with Crippen molar-refractivity contribution in [2.45, 2.75) is 0 Å². The fourth-order valence-corrected chi connectivity index (χ4v) is 4.00. The maximum Gasteiger partial charge on any atom is 0.283 e. The molecule has 0 N–H and O–H groups in total. The number of benzene rings is 3. The highest BCUT2D eigenvalue weighted by Crippen LogP contribution is 2.29. The van der Waals surface area contributed by atoms with Gasteiger partial charge < -0.3 is 0 Å². The molecule has 7 heteroatoms. The number of ketones is 1. The first-order valence-electron chi connectivity index (χ1n) is 9.38. The van der Waals surface area contributed by atoms with E-state index < -0.39 is 0 Å². The van der Waals surface area contributed by atoms with Crippen molar-refractivity contribution in [1.82, 2.24) is 0 Å². The minimum absolute atomic E-state index is 0.0965. The van der Waals surface area contributed by atoms with Gasteiger partial charge in [0, 0.05) is 10.6 Å². The van der Waals surface area contributed by atoms with Crippen LogP contribution in [0.4, 0.5) is 10.1 Å². The van der Waals surface area contributed by atoms with Gasteiger partial charge in [-0.25, -0.2) is 9.38 Å². The number of hydrogen-bond acceptors (Lipinski definition) is 4. The fraction of sp³-hybridized carbons (Fsp3) is 0.0417. The minimum Gasteiger partial charge on any atom is -0.293 e. The monoisotopic (exact) mass is 450 g/mol. The molecule has 0 aliphatic carbocycles. The first-order chi connectivity index (χ1) is 15.0. The summed E-state index contributed by atoms with van der Waals surface area (Å²) in [5, 5.41) is 0.965. The van der Waals surface area contributed by atoms with E-state index in [1.807, 2.05) is 18.2 Å². The molecule has 4 rings (SSSR count). The van der Waals surface area contributed by atoms with Crippen LogP contribution in [-0.4, -0.2) is 22.6 Å². The highest BCUT2D eigenvalue weighted by atomic mass is 35.5. The Morgan fingerprint density at radius 3 is 2.35 bits per heavy atom. The van der Waals surface area contributed by atoms with E-state index in [0.29, 0.717) is 27.0 Å². The second-order valence-corrected chi connectivity index (χ2v) is 8.05. The lowest BCUT2D eigenvalue weighted by molar-refractivity contribution is -0.113. The summed E-state index contributed by atoms with van der Waals surface area (Å²) >= 11 is 7.07. The molecule has 31 heavy (non-hydrogen) atoms. The summed E-state index contributed by atoms with van der Waals surface area (Å²) in [6.45, 7) is 0. The van der Waals surface area contributed by atoms with Crippen LogP contribution in [0.25, 0.3) is 6.08 Å². The Balaban J connectivity index is 1.61. The predicted molar refractivity (Wildman–Crippen MR) is 124 cm³/mol. The molecule has 3 aromatic rings. The van der Waals surface area contributed by atoms with Gasteiger partial charge >= 0.3 is 0 Å². The molecule has 1 amide bonds. The summed E-state index contributed by atoms with van der Waals surface area (Å²) in [5.41, 5.74) is 2.07. The molecule has 0 unspecified atom stereocenters. The zero-order valence-corrected chi connectivity index (χ0v) is 17.7. The summed E-state index contributed by atoms with van der Waals surface area (Å²) in [6, 6.07) is 21.6. The van der Waals surface area contributed by atoms with E-state index in [1.165, 1.54) is 28.8 Å². The van der Waals surface area contributed by atoms with Crippen LogP contribution in [0.2, 0.25) is 5.02 Å². The average molecular weight is 451 g/mol.